The predicted molar refractivity (Wildman–Crippen MR) is 108 cm³/mol. The van der Waals surface area contributed by atoms with Gasteiger partial charge in [0.25, 0.3) is 0 Å². The molecule has 1 aromatic heterocycles. The number of ether oxygens (including phenoxy) is 2. The fraction of sp³-hybridized carbons (Fsp3) is 0.429. The van der Waals surface area contributed by atoms with Gasteiger partial charge in [0.15, 0.2) is 17.5 Å². The van der Waals surface area contributed by atoms with E-state index < -0.39 is 5.82 Å². The first-order valence-electron chi connectivity index (χ1n) is 9.63. The Morgan fingerprint density at radius 2 is 2.28 bits per heavy atom. The highest BCUT2D eigenvalue weighted by Gasteiger charge is 2.34. The maximum absolute atomic E-state index is 14.4. The van der Waals surface area contributed by atoms with Gasteiger partial charge in [0.1, 0.15) is 5.75 Å². The van der Waals surface area contributed by atoms with Crippen molar-refractivity contribution < 1.29 is 19.0 Å². The summed E-state index contributed by atoms with van der Waals surface area (Å²) in [5.41, 5.74) is 0.683. The van der Waals surface area contributed by atoms with Gasteiger partial charge in [-0.3, -0.25) is 9.98 Å². The Labute approximate surface area is 170 Å². The van der Waals surface area contributed by atoms with E-state index in [1.807, 2.05) is 0 Å². The van der Waals surface area contributed by atoms with Crippen LogP contribution in [-0.4, -0.2) is 49.5 Å². The van der Waals surface area contributed by atoms with Gasteiger partial charge in [-0.15, -0.1) is 0 Å². The average molecular weight is 402 g/mol. The Bertz CT molecular complexity index is 811. The van der Waals surface area contributed by atoms with Gasteiger partial charge in [-0.25, -0.2) is 4.39 Å². The largest absolute Gasteiger partial charge is 0.453 e. The van der Waals surface area contributed by atoms with E-state index in [1.165, 1.54) is 12.3 Å². The van der Waals surface area contributed by atoms with Gasteiger partial charge < -0.3 is 25.2 Å². The van der Waals surface area contributed by atoms with E-state index >= 15 is 0 Å². The molecule has 29 heavy (non-hydrogen) atoms. The van der Waals surface area contributed by atoms with Crippen LogP contribution in [0.15, 0.2) is 47.7 Å². The summed E-state index contributed by atoms with van der Waals surface area (Å²) in [5, 5.41) is 15.8. The van der Waals surface area contributed by atoms with Crippen molar-refractivity contribution in [2.24, 2.45) is 10.4 Å². The number of aliphatic imine (C=N–C) groups is 1. The molecule has 0 radical (unpaired) electrons. The zero-order valence-corrected chi connectivity index (χ0v) is 16.5. The number of aliphatic hydroxyl groups is 1. The van der Waals surface area contributed by atoms with Crippen LogP contribution in [0.4, 0.5) is 4.39 Å². The van der Waals surface area contributed by atoms with Gasteiger partial charge in [-0.1, -0.05) is 6.07 Å². The molecule has 0 spiro atoms. The third kappa shape index (κ3) is 5.88. The molecular formula is C21H27FN4O3. The number of benzene rings is 1. The summed E-state index contributed by atoms with van der Waals surface area (Å²) in [6, 6.07) is 8.28. The van der Waals surface area contributed by atoms with Gasteiger partial charge in [-0.2, -0.15) is 0 Å². The Morgan fingerprint density at radius 1 is 1.38 bits per heavy atom. The molecule has 156 valence electrons. The second kappa shape index (κ2) is 10.2. The molecule has 1 atom stereocenters. The van der Waals surface area contributed by atoms with Crippen LogP contribution in [0.5, 0.6) is 11.5 Å². The highest BCUT2D eigenvalue weighted by molar-refractivity contribution is 5.79. The van der Waals surface area contributed by atoms with Crippen LogP contribution < -0.4 is 15.4 Å². The van der Waals surface area contributed by atoms with Gasteiger partial charge >= 0.3 is 0 Å². The van der Waals surface area contributed by atoms with Crippen molar-refractivity contribution in [1.82, 2.24) is 15.6 Å². The number of hydrogen-bond acceptors (Lipinski definition) is 5. The van der Waals surface area contributed by atoms with Gasteiger partial charge in [-0.05, 0) is 42.7 Å². The Kier molecular flexibility index (Phi) is 7.37. The minimum absolute atomic E-state index is 0.0796. The van der Waals surface area contributed by atoms with E-state index in [1.54, 1.807) is 37.5 Å². The van der Waals surface area contributed by atoms with Crippen LogP contribution in [-0.2, 0) is 11.3 Å². The number of aromatic nitrogens is 1. The van der Waals surface area contributed by atoms with Crippen molar-refractivity contribution in [2.75, 3.05) is 33.4 Å². The van der Waals surface area contributed by atoms with Crippen LogP contribution in [0.1, 0.15) is 18.4 Å². The maximum Gasteiger partial charge on any atom is 0.191 e. The van der Waals surface area contributed by atoms with Crippen molar-refractivity contribution in [3.8, 4) is 11.5 Å². The quantitative estimate of drug-likeness (QED) is 0.464. The number of pyridine rings is 1. The van der Waals surface area contributed by atoms with E-state index in [9.17, 15) is 9.50 Å². The van der Waals surface area contributed by atoms with Crippen LogP contribution in [0, 0.1) is 11.2 Å². The Hall–Kier alpha value is -2.71. The lowest BCUT2D eigenvalue weighted by Crippen LogP contribution is -2.44. The fourth-order valence-corrected chi connectivity index (χ4v) is 3.26. The normalized spacial score (nSPS) is 19.2. The molecular weight excluding hydrogens is 375 g/mol. The van der Waals surface area contributed by atoms with E-state index in [0.29, 0.717) is 44.4 Å². The number of aliphatic hydroxyl groups excluding tert-OH is 1. The number of guanidine groups is 1. The average Bonchev–Trinajstić information content (AvgIpc) is 3.20. The molecule has 1 saturated heterocycles. The zero-order chi connectivity index (χ0) is 20.5. The molecule has 3 N–H and O–H groups in total. The third-order valence-electron chi connectivity index (χ3n) is 5.00. The number of nitrogens with one attached hydrogen (secondary N) is 2. The lowest BCUT2D eigenvalue weighted by atomic mass is 9.84. The predicted octanol–water partition coefficient (Wildman–Crippen LogP) is 2.47. The number of nitrogens with zero attached hydrogens (tertiary/aromatic N) is 2. The molecule has 1 fully saturated rings. The molecule has 2 aromatic rings. The molecule has 1 aromatic carbocycles. The number of halogens is 1. The van der Waals surface area contributed by atoms with Gasteiger partial charge in [0.2, 0.25) is 0 Å². The van der Waals surface area contributed by atoms with Crippen LogP contribution >= 0.6 is 0 Å². The smallest absolute Gasteiger partial charge is 0.191 e. The highest BCUT2D eigenvalue weighted by Crippen LogP contribution is 2.31. The first-order valence-corrected chi connectivity index (χ1v) is 9.63. The summed E-state index contributed by atoms with van der Waals surface area (Å²) in [6.07, 6.45) is 4.75. The number of rotatable bonds is 8. The zero-order valence-electron chi connectivity index (χ0n) is 16.5. The molecule has 8 heteroatoms. The summed E-state index contributed by atoms with van der Waals surface area (Å²) in [7, 11) is 1.69. The van der Waals surface area contributed by atoms with E-state index in [2.05, 4.69) is 20.6 Å². The van der Waals surface area contributed by atoms with Crippen molar-refractivity contribution in [2.45, 2.75) is 19.4 Å². The number of hydrogen-bond donors (Lipinski definition) is 3. The molecule has 3 rings (SSSR count). The fourth-order valence-electron chi connectivity index (χ4n) is 3.26. The monoisotopic (exact) mass is 402 g/mol. The van der Waals surface area contributed by atoms with E-state index in [4.69, 9.17) is 9.47 Å². The summed E-state index contributed by atoms with van der Waals surface area (Å²) >= 11 is 0. The molecule has 0 bridgehead atoms. The van der Waals surface area contributed by atoms with Crippen LogP contribution in [0.25, 0.3) is 0 Å². The van der Waals surface area contributed by atoms with Crippen molar-refractivity contribution >= 4 is 5.96 Å². The minimum Gasteiger partial charge on any atom is -0.453 e. The molecule has 0 aliphatic carbocycles. The first kappa shape index (κ1) is 21.0. The Morgan fingerprint density at radius 3 is 2.93 bits per heavy atom. The molecule has 1 aliphatic rings. The van der Waals surface area contributed by atoms with Crippen molar-refractivity contribution in [1.29, 1.82) is 0 Å². The van der Waals surface area contributed by atoms with Crippen molar-refractivity contribution in [3.05, 3.63) is 54.1 Å². The molecule has 7 nitrogen and oxygen atoms in total. The molecule has 2 heterocycles. The standard InChI is InChI=1S/C21H27FN4O3/c1-23-20(26-14-21(6-9-27)7-10-28-15-21)25-12-16-4-5-19(18(22)11-16)29-17-3-2-8-24-13-17/h2-5,8,11,13,27H,6-7,9-10,12,14-15H2,1H3,(H2,23,25,26). The third-order valence-corrected chi connectivity index (χ3v) is 5.00. The van der Waals surface area contributed by atoms with Crippen LogP contribution in [0.2, 0.25) is 0 Å². The van der Waals surface area contributed by atoms with Crippen LogP contribution in [0.3, 0.4) is 0 Å². The van der Waals surface area contributed by atoms with Gasteiger partial charge in [0.05, 0.1) is 12.8 Å². The van der Waals surface area contributed by atoms with E-state index in [0.717, 1.165) is 12.0 Å². The molecule has 0 amide bonds. The lowest BCUT2D eigenvalue weighted by Gasteiger charge is -2.27. The summed E-state index contributed by atoms with van der Waals surface area (Å²) in [5.74, 6) is 0.803. The summed E-state index contributed by atoms with van der Waals surface area (Å²) in [6.45, 7) is 2.53. The summed E-state index contributed by atoms with van der Waals surface area (Å²) in [4.78, 5) is 8.17. The summed E-state index contributed by atoms with van der Waals surface area (Å²) < 4.78 is 25.4. The molecule has 1 unspecified atom stereocenters. The van der Waals surface area contributed by atoms with Gasteiger partial charge in [0, 0.05) is 45.0 Å². The molecule has 1 aliphatic heterocycles. The topological polar surface area (TPSA) is 88.0 Å². The van der Waals surface area contributed by atoms with E-state index in [-0.39, 0.29) is 17.8 Å². The second-order valence-electron chi connectivity index (χ2n) is 7.11. The second-order valence-corrected chi connectivity index (χ2v) is 7.11. The minimum atomic E-state index is -0.443. The highest BCUT2D eigenvalue weighted by atomic mass is 19.1. The first-order chi connectivity index (χ1) is 14.1. The molecule has 0 saturated carbocycles. The Balaban J connectivity index is 1.53. The van der Waals surface area contributed by atoms with Crippen molar-refractivity contribution in [3.63, 3.8) is 0 Å². The lowest BCUT2D eigenvalue weighted by molar-refractivity contribution is 0.127. The SMILES string of the molecule is CN=C(NCc1ccc(Oc2cccnc2)c(F)c1)NCC1(CCO)CCOC1. The maximum atomic E-state index is 14.4.